The number of phenols is 1. The molecule has 0 amide bonds. The molecule has 2 atom stereocenters. The lowest BCUT2D eigenvalue weighted by molar-refractivity contribution is 0.373. The van der Waals surface area contributed by atoms with E-state index in [0.717, 1.165) is 24.5 Å². The number of nitrogens with two attached hydrogens (primary N) is 1. The van der Waals surface area contributed by atoms with Gasteiger partial charge in [0.25, 0.3) is 0 Å². The van der Waals surface area contributed by atoms with Gasteiger partial charge in [0.05, 0.1) is 23.0 Å². The number of hydrogen-bond acceptors (Lipinski definition) is 9. The zero-order valence-corrected chi connectivity index (χ0v) is 21.7. The highest BCUT2D eigenvalue weighted by Crippen LogP contribution is 2.32. The maximum atomic E-state index is 10.3. The molecular weight excluding hydrogens is 464 g/mol. The van der Waals surface area contributed by atoms with Crippen LogP contribution in [0.4, 0.5) is 17.3 Å². The van der Waals surface area contributed by atoms with Crippen molar-refractivity contribution in [1.29, 1.82) is 5.26 Å². The molecule has 37 heavy (non-hydrogen) atoms. The summed E-state index contributed by atoms with van der Waals surface area (Å²) in [5.41, 5.74) is 9.19. The first kappa shape index (κ1) is 25.7. The standard InChI is InChI=1S/C28H32N8O/c1-19(34(3)4)9-11-23-21(18-29)10-12-27(31-23)36-16-15-35(14-13-20(36)2)25-17-24(32-33-28(25)30)22-7-5-6-8-26(22)37/h5-8,10,12,17,19-20,37H,13-16H2,1-4H3,(H2,30,33)/t19-,20-/m0/s1. The van der Waals surface area contributed by atoms with Gasteiger partial charge in [0.15, 0.2) is 5.82 Å². The van der Waals surface area contributed by atoms with Crippen molar-refractivity contribution >= 4 is 17.3 Å². The van der Waals surface area contributed by atoms with Crippen molar-refractivity contribution in [2.75, 3.05) is 49.3 Å². The molecule has 1 fully saturated rings. The van der Waals surface area contributed by atoms with Crippen LogP contribution in [-0.2, 0) is 0 Å². The molecule has 9 heteroatoms. The van der Waals surface area contributed by atoms with Gasteiger partial charge in [-0.05, 0) is 70.6 Å². The zero-order valence-electron chi connectivity index (χ0n) is 21.7. The van der Waals surface area contributed by atoms with Gasteiger partial charge < -0.3 is 20.6 Å². The second-order valence-corrected chi connectivity index (χ2v) is 9.42. The number of pyridine rings is 1. The number of benzene rings is 1. The minimum Gasteiger partial charge on any atom is -0.507 e. The van der Waals surface area contributed by atoms with Crippen molar-refractivity contribution in [3.05, 3.63) is 53.7 Å². The summed E-state index contributed by atoms with van der Waals surface area (Å²) in [6, 6.07) is 15.1. The Hall–Kier alpha value is -4.34. The predicted molar refractivity (Wildman–Crippen MR) is 146 cm³/mol. The van der Waals surface area contributed by atoms with Crippen LogP contribution in [0.5, 0.6) is 5.75 Å². The van der Waals surface area contributed by atoms with Crippen LogP contribution in [0.2, 0.25) is 0 Å². The molecule has 0 spiro atoms. The molecular formula is C28H32N8O. The lowest BCUT2D eigenvalue weighted by atomic mass is 10.1. The number of nitriles is 1. The number of anilines is 3. The molecule has 1 aliphatic rings. The quantitative estimate of drug-likeness (QED) is 0.525. The van der Waals surface area contributed by atoms with E-state index in [2.05, 4.69) is 44.8 Å². The van der Waals surface area contributed by atoms with Crippen LogP contribution in [0.25, 0.3) is 11.3 Å². The number of aromatic hydroxyl groups is 1. The van der Waals surface area contributed by atoms with E-state index in [1.807, 2.05) is 50.2 Å². The molecule has 0 radical (unpaired) electrons. The summed E-state index contributed by atoms with van der Waals surface area (Å²) in [5.74, 6) is 7.58. The van der Waals surface area contributed by atoms with E-state index in [1.165, 1.54) is 0 Å². The smallest absolute Gasteiger partial charge is 0.169 e. The van der Waals surface area contributed by atoms with Crippen LogP contribution >= 0.6 is 0 Å². The predicted octanol–water partition coefficient (Wildman–Crippen LogP) is 3.10. The normalized spacial score (nSPS) is 16.5. The Morgan fingerprint density at radius 1 is 1.14 bits per heavy atom. The molecule has 0 saturated carbocycles. The summed E-state index contributed by atoms with van der Waals surface area (Å²) in [7, 11) is 3.94. The van der Waals surface area contributed by atoms with Crippen LogP contribution < -0.4 is 15.5 Å². The molecule has 9 nitrogen and oxygen atoms in total. The summed E-state index contributed by atoms with van der Waals surface area (Å²) in [6.07, 6.45) is 0.869. The fourth-order valence-corrected chi connectivity index (χ4v) is 4.20. The molecule has 0 aliphatic carbocycles. The van der Waals surface area contributed by atoms with Crippen molar-refractivity contribution in [3.63, 3.8) is 0 Å². The van der Waals surface area contributed by atoms with E-state index in [9.17, 15) is 10.4 Å². The summed E-state index contributed by atoms with van der Waals surface area (Å²) < 4.78 is 0. The molecule has 0 bridgehead atoms. The van der Waals surface area contributed by atoms with Gasteiger partial charge in [-0.25, -0.2) is 4.98 Å². The Labute approximate surface area is 218 Å². The van der Waals surface area contributed by atoms with E-state index in [4.69, 9.17) is 10.7 Å². The zero-order chi connectivity index (χ0) is 26.5. The highest BCUT2D eigenvalue weighted by molar-refractivity contribution is 5.74. The number of nitrogens with zero attached hydrogens (tertiary/aromatic N) is 7. The fraction of sp³-hybridized carbons (Fsp3) is 0.357. The topological polar surface area (TPSA) is 118 Å². The van der Waals surface area contributed by atoms with E-state index in [-0.39, 0.29) is 17.8 Å². The number of phenolic OH excluding ortho intramolecular Hbond substituents is 1. The first-order valence-electron chi connectivity index (χ1n) is 12.3. The van der Waals surface area contributed by atoms with Gasteiger partial charge >= 0.3 is 0 Å². The van der Waals surface area contributed by atoms with Crippen molar-refractivity contribution in [2.45, 2.75) is 32.4 Å². The largest absolute Gasteiger partial charge is 0.507 e. The summed E-state index contributed by atoms with van der Waals surface area (Å²) in [5, 5.41) is 28.2. The monoisotopic (exact) mass is 496 g/mol. The molecule has 3 aromatic rings. The lowest BCUT2D eigenvalue weighted by Crippen LogP contribution is -2.35. The number of hydrogen-bond donors (Lipinski definition) is 2. The molecule has 190 valence electrons. The van der Waals surface area contributed by atoms with Gasteiger partial charge in [0.2, 0.25) is 0 Å². The van der Waals surface area contributed by atoms with Crippen LogP contribution in [0, 0.1) is 23.2 Å². The molecule has 1 aliphatic heterocycles. The second-order valence-electron chi connectivity index (χ2n) is 9.42. The van der Waals surface area contributed by atoms with Gasteiger partial charge in [-0.15, -0.1) is 10.2 Å². The van der Waals surface area contributed by atoms with Gasteiger partial charge in [0.1, 0.15) is 23.3 Å². The Morgan fingerprint density at radius 2 is 1.92 bits per heavy atom. The summed E-state index contributed by atoms with van der Waals surface area (Å²) >= 11 is 0. The second kappa shape index (κ2) is 11.2. The van der Waals surface area contributed by atoms with Crippen LogP contribution in [-0.4, -0.2) is 71.0 Å². The third kappa shape index (κ3) is 5.74. The van der Waals surface area contributed by atoms with Crippen LogP contribution in [0.3, 0.4) is 0 Å². The molecule has 3 N–H and O–H groups in total. The number of rotatable bonds is 4. The minimum absolute atomic E-state index is 0.0461. The molecule has 0 unspecified atom stereocenters. The third-order valence-corrected chi connectivity index (χ3v) is 6.75. The average molecular weight is 497 g/mol. The molecule has 1 aromatic carbocycles. The first-order valence-corrected chi connectivity index (χ1v) is 12.3. The summed E-state index contributed by atoms with van der Waals surface area (Å²) in [6.45, 7) is 6.36. The van der Waals surface area contributed by atoms with E-state index < -0.39 is 0 Å². The fourth-order valence-electron chi connectivity index (χ4n) is 4.20. The molecule has 2 aromatic heterocycles. The Balaban J connectivity index is 1.59. The molecule has 1 saturated heterocycles. The Kier molecular flexibility index (Phi) is 7.76. The SMILES string of the molecule is C[C@@H](C#Cc1nc(N2CCN(c3cc(-c4ccccc4O)nnc3N)CC[C@@H]2C)ccc1C#N)N(C)C. The van der Waals surface area contributed by atoms with Crippen LogP contribution in [0.15, 0.2) is 42.5 Å². The minimum atomic E-state index is 0.0461. The van der Waals surface area contributed by atoms with Gasteiger partial charge in [0, 0.05) is 31.2 Å². The lowest BCUT2D eigenvalue weighted by Gasteiger charge is -2.28. The molecule has 3 heterocycles. The van der Waals surface area contributed by atoms with Crippen molar-refractivity contribution in [2.24, 2.45) is 0 Å². The van der Waals surface area contributed by atoms with Gasteiger partial charge in [-0.2, -0.15) is 5.26 Å². The van der Waals surface area contributed by atoms with E-state index in [1.54, 1.807) is 18.2 Å². The Bertz CT molecular complexity index is 1370. The Morgan fingerprint density at radius 3 is 2.65 bits per heavy atom. The number of aromatic nitrogens is 3. The van der Waals surface area contributed by atoms with Crippen molar-refractivity contribution in [3.8, 4) is 34.9 Å². The number of para-hydroxylation sites is 1. The average Bonchev–Trinajstić information content (AvgIpc) is 3.09. The first-order chi connectivity index (χ1) is 17.8. The van der Waals surface area contributed by atoms with E-state index >= 15 is 0 Å². The van der Waals surface area contributed by atoms with Crippen LogP contribution in [0.1, 0.15) is 31.5 Å². The number of nitrogen functional groups attached to an aromatic ring is 1. The highest BCUT2D eigenvalue weighted by Gasteiger charge is 2.25. The maximum Gasteiger partial charge on any atom is 0.169 e. The van der Waals surface area contributed by atoms with Gasteiger partial charge in [-0.1, -0.05) is 18.1 Å². The van der Waals surface area contributed by atoms with E-state index in [0.29, 0.717) is 41.4 Å². The van der Waals surface area contributed by atoms with Crippen molar-refractivity contribution in [1.82, 2.24) is 20.1 Å². The maximum absolute atomic E-state index is 10.3. The highest BCUT2D eigenvalue weighted by atomic mass is 16.3. The third-order valence-electron chi connectivity index (χ3n) is 6.75. The van der Waals surface area contributed by atoms with Gasteiger partial charge in [-0.3, -0.25) is 4.90 Å². The molecule has 4 rings (SSSR count). The summed E-state index contributed by atoms with van der Waals surface area (Å²) in [4.78, 5) is 11.2. The van der Waals surface area contributed by atoms with Crippen molar-refractivity contribution < 1.29 is 5.11 Å².